The molecule has 0 aromatic heterocycles. The summed E-state index contributed by atoms with van der Waals surface area (Å²) in [7, 11) is 0. The first kappa shape index (κ1) is 13.6. The minimum atomic E-state index is 0.443. The van der Waals surface area contributed by atoms with Crippen LogP contribution in [0.4, 0.5) is 5.69 Å². The highest BCUT2D eigenvalue weighted by Gasteiger charge is 1.94. The fourth-order valence-corrected chi connectivity index (χ4v) is 0.957. The molecule has 0 aliphatic rings. The average Bonchev–Trinajstić information content (AvgIpc) is 2.29. The van der Waals surface area contributed by atoms with E-state index in [1.54, 1.807) is 0 Å². The van der Waals surface area contributed by atoms with Gasteiger partial charge in [0.25, 0.3) is 0 Å². The van der Waals surface area contributed by atoms with Crippen LogP contribution in [0.2, 0.25) is 0 Å². The number of rotatable bonds is 3. The molecule has 0 aliphatic carbocycles. The molecular weight excluding hydrogens is 184 g/mol. The highest BCUT2D eigenvalue weighted by Crippen LogP contribution is 2.16. The lowest BCUT2D eigenvalue weighted by molar-refractivity contribution is 0.907. The van der Waals surface area contributed by atoms with Crippen LogP contribution in [0.25, 0.3) is 0 Å². The maximum absolute atomic E-state index is 7.17. The summed E-state index contributed by atoms with van der Waals surface area (Å²) in [5.41, 5.74) is 1.73. The molecule has 0 fully saturated rings. The van der Waals surface area contributed by atoms with Gasteiger partial charge in [0.1, 0.15) is 0 Å². The van der Waals surface area contributed by atoms with Gasteiger partial charge < -0.3 is 5.41 Å². The minimum absolute atomic E-state index is 0.443. The van der Waals surface area contributed by atoms with Crippen LogP contribution < -0.4 is 0 Å². The number of hydrogen-bond acceptors (Lipinski definition) is 2. The Bertz CT molecular complexity index is 314. The number of benzene rings is 1. The van der Waals surface area contributed by atoms with Crippen LogP contribution in [-0.4, -0.2) is 12.4 Å². The number of aliphatic imine (C=N–C) groups is 1. The van der Waals surface area contributed by atoms with Crippen molar-refractivity contribution in [3.8, 4) is 0 Å². The Balaban J connectivity index is 0.000000921. The monoisotopic (exact) mass is 204 g/mol. The molecule has 0 amide bonds. The van der Waals surface area contributed by atoms with Crippen LogP contribution in [0.3, 0.4) is 0 Å². The fourth-order valence-electron chi connectivity index (χ4n) is 0.957. The summed E-state index contributed by atoms with van der Waals surface area (Å²) in [6, 6.07) is 7.65. The number of nitrogens with zero attached hydrogens (tertiary/aromatic N) is 1. The summed E-state index contributed by atoms with van der Waals surface area (Å²) in [6.07, 6.45) is 3.22. The summed E-state index contributed by atoms with van der Waals surface area (Å²) >= 11 is 0. The Morgan fingerprint density at radius 2 is 1.80 bits per heavy atom. The van der Waals surface area contributed by atoms with E-state index >= 15 is 0 Å². The van der Waals surface area contributed by atoms with Crippen LogP contribution >= 0.6 is 0 Å². The molecule has 2 nitrogen and oxygen atoms in total. The summed E-state index contributed by atoms with van der Waals surface area (Å²) in [4.78, 5) is 4.30. The molecule has 0 unspecified atom stereocenters. The molecule has 1 aromatic rings. The standard InChI is InChI=1S/C11H14N2.C2H6/c1-9(2)8-13-11-6-4-3-5-10(11)7-12;1-2/h3-9,12H,1-2H3;1-2H3. The van der Waals surface area contributed by atoms with Crippen molar-refractivity contribution in [1.29, 1.82) is 5.41 Å². The van der Waals surface area contributed by atoms with Crippen molar-refractivity contribution < 1.29 is 0 Å². The maximum atomic E-state index is 7.17. The van der Waals surface area contributed by atoms with E-state index in [-0.39, 0.29) is 0 Å². The topological polar surface area (TPSA) is 36.2 Å². The Kier molecular flexibility index (Phi) is 7.16. The molecule has 82 valence electrons. The molecule has 0 radical (unpaired) electrons. The second kappa shape index (κ2) is 7.92. The smallest absolute Gasteiger partial charge is 0.0713 e. The summed E-state index contributed by atoms with van der Waals surface area (Å²) in [6.45, 7) is 8.16. The van der Waals surface area contributed by atoms with E-state index < -0.39 is 0 Å². The first-order chi connectivity index (χ1) is 7.24. The number of nitrogens with one attached hydrogen (secondary N) is 1. The molecule has 0 atom stereocenters. The average molecular weight is 204 g/mol. The van der Waals surface area contributed by atoms with Gasteiger partial charge in [0, 0.05) is 18.0 Å². The maximum Gasteiger partial charge on any atom is 0.0713 e. The van der Waals surface area contributed by atoms with Crippen molar-refractivity contribution in [3.63, 3.8) is 0 Å². The van der Waals surface area contributed by atoms with E-state index in [1.165, 1.54) is 6.21 Å². The second-order valence-electron chi connectivity index (χ2n) is 3.23. The van der Waals surface area contributed by atoms with Crippen molar-refractivity contribution in [1.82, 2.24) is 0 Å². The van der Waals surface area contributed by atoms with Crippen molar-refractivity contribution >= 4 is 18.1 Å². The Labute approximate surface area is 92.6 Å². The molecule has 1 aromatic carbocycles. The molecule has 0 spiro atoms. The summed E-state index contributed by atoms with van der Waals surface area (Å²) in [5.74, 6) is 0.443. The molecule has 0 saturated carbocycles. The molecule has 0 bridgehead atoms. The van der Waals surface area contributed by atoms with Crippen molar-refractivity contribution in [2.75, 3.05) is 0 Å². The van der Waals surface area contributed by atoms with Gasteiger partial charge in [-0.15, -0.1) is 0 Å². The Morgan fingerprint density at radius 1 is 1.20 bits per heavy atom. The highest BCUT2D eigenvalue weighted by atomic mass is 14.7. The van der Waals surface area contributed by atoms with Gasteiger partial charge in [0.2, 0.25) is 0 Å². The van der Waals surface area contributed by atoms with Gasteiger partial charge in [-0.05, 0) is 12.0 Å². The largest absolute Gasteiger partial charge is 0.308 e. The number of hydrogen-bond donors (Lipinski definition) is 1. The normalized spacial score (nSPS) is 9.93. The molecule has 15 heavy (non-hydrogen) atoms. The molecule has 0 heterocycles. The van der Waals surface area contributed by atoms with Crippen molar-refractivity contribution in [2.24, 2.45) is 10.9 Å². The third-order valence-corrected chi connectivity index (χ3v) is 1.60. The highest BCUT2D eigenvalue weighted by molar-refractivity contribution is 5.85. The molecule has 2 heteroatoms. The summed E-state index contributed by atoms with van der Waals surface area (Å²) in [5, 5.41) is 7.17. The van der Waals surface area contributed by atoms with Crippen LogP contribution in [0.15, 0.2) is 29.3 Å². The van der Waals surface area contributed by atoms with Gasteiger partial charge in [-0.25, -0.2) is 0 Å². The van der Waals surface area contributed by atoms with Gasteiger partial charge in [-0.1, -0.05) is 45.9 Å². The van der Waals surface area contributed by atoms with E-state index in [1.807, 2.05) is 44.3 Å². The van der Waals surface area contributed by atoms with Gasteiger partial charge in [-0.3, -0.25) is 4.99 Å². The van der Waals surface area contributed by atoms with Crippen molar-refractivity contribution in [2.45, 2.75) is 27.7 Å². The predicted octanol–water partition coefficient (Wildman–Crippen LogP) is 4.07. The summed E-state index contributed by atoms with van der Waals surface area (Å²) < 4.78 is 0. The minimum Gasteiger partial charge on any atom is -0.308 e. The van der Waals surface area contributed by atoms with E-state index in [4.69, 9.17) is 5.41 Å². The fraction of sp³-hybridized carbons (Fsp3) is 0.385. The van der Waals surface area contributed by atoms with Crippen LogP contribution in [0, 0.1) is 11.3 Å². The van der Waals surface area contributed by atoms with Gasteiger partial charge >= 0.3 is 0 Å². The third-order valence-electron chi connectivity index (χ3n) is 1.60. The van der Waals surface area contributed by atoms with Crippen LogP contribution in [-0.2, 0) is 0 Å². The third kappa shape index (κ3) is 5.11. The quantitative estimate of drug-likeness (QED) is 0.721. The number of para-hydroxylation sites is 1. The zero-order valence-corrected chi connectivity index (χ0v) is 9.99. The molecule has 1 N–H and O–H groups in total. The zero-order chi connectivity index (χ0) is 11.7. The van der Waals surface area contributed by atoms with E-state index in [2.05, 4.69) is 18.8 Å². The van der Waals surface area contributed by atoms with Gasteiger partial charge in [-0.2, -0.15) is 0 Å². The molecule has 0 aliphatic heterocycles. The van der Waals surface area contributed by atoms with E-state index in [0.29, 0.717) is 5.92 Å². The van der Waals surface area contributed by atoms with E-state index in [0.717, 1.165) is 11.3 Å². The zero-order valence-electron chi connectivity index (χ0n) is 9.99. The van der Waals surface area contributed by atoms with Crippen LogP contribution in [0.5, 0.6) is 0 Å². The Morgan fingerprint density at radius 3 is 2.33 bits per heavy atom. The van der Waals surface area contributed by atoms with Gasteiger partial charge in [0.05, 0.1) is 5.69 Å². The lowest BCUT2D eigenvalue weighted by Gasteiger charge is -1.99. The molecule has 0 saturated heterocycles. The van der Waals surface area contributed by atoms with E-state index in [9.17, 15) is 0 Å². The van der Waals surface area contributed by atoms with Crippen LogP contribution in [0.1, 0.15) is 33.3 Å². The first-order valence-electron chi connectivity index (χ1n) is 5.37. The molecule has 1 rings (SSSR count). The second-order valence-corrected chi connectivity index (χ2v) is 3.23. The first-order valence-corrected chi connectivity index (χ1v) is 5.37. The lowest BCUT2D eigenvalue weighted by atomic mass is 10.2. The van der Waals surface area contributed by atoms with Crippen molar-refractivity contribution in [3.05, 3.63) is 29.8 Å². The SMILES string of the molecule is CC.CC(C)C=Nc1ccccc1C=N. The predicted molar refractivity (Wildman–Crippen MR) is 68.7 cm³/mol. The Hall–Kier alpha value is -1.44. The van der Waals surface area contributed by atoms with Gasteiger partial charge in [0.15, 0.2) is 0 Å². The molecular formula is C13H20N2. The lowest BCUT2D eigenvalue weighted by Crippen LogP contribution is -1.87.